The second-order valence-corrected chi connectivity index (χ2v) is 8.84. The maximum Gasteiger partial charge on any atom is 0.262 e. The first-order chi connectivity index (χ1) is 13.1. The zero-order chi connectivity index (χ0) is 18.8. The molecule has 0 radical (unpaired) electrons. The smallest absolute Gasteiger partial charge is 0.262 e. The van der Waals surface area contributed by atoms with Crippen LogP contribution in [-0.4, -0.2) is 39.2 Å². The number of para-hydroxylation sites is 1. The zero-order valence-corrected chi connectivity index (χ0v) is 16.7. The Morgan fingerprint density at radius 3 is 2.74 bits per heavy atom. The topological polar surface area (TPSA) is 55.2 Å². The summed E-state index contributed by atoms with van der Waals surface area (Å²) in [6.07, 6.45) is 6.62. The zero-order valence-electron chi connectivity index (χ0n) is 15.9. The minimum atomic E-state index is 0.0362. The van der Waals surface area contributed by atoms with Crippen LogP contribution in [0, 0.1) is 5.92 Å². The lowest BCUT2D eigenvalue weighted by atomic mass is 10.0. The Kier molecular flexibility index (Phi) is 5.53. The molecule has 0 bridgehead atoms. The molecule has 0 unspecified atom stereocenters. The Morgan fingerprint density at radius 1 is 1.19 bits per heavy atom. The monoisotopic (exact) mass is 385 g/mol. The lowest BCUT2D eigenvalue weighted by molar-refractivity contribution is -0.130. The molecule has 1 aliphatic heterocycles. The van der Waals surface area contributed by atoms with Gasteiger partial charge in [0.2, 0.25) is 5.91 Å². The van der Waals surface area contributed by atoms with Crippen LogP contribution in [-0.2, 0) is 4.79 Å². The molecule has 2 fully saturated rings. The van der Waals surface area contributed by atoms with E-state index in [1.165, 1.54) is 18.2 Å². The van der Waals surface area contributed by atoms with Gasteiger partial charge in [-0.3, -0.25) is 14.2 Å². The lowest BCUT2D eigenvalue weighted by Gasteiger charge is -2.31. The molecular formula is C21H27N3O2S. The van der Waals surface area contributed by atoms with Gasteiger partial charge in [-0.25, -0.2) is 4.98 Å². The number of hydrogen-bond acceptors (Lipinski definition) is 4. The highest BCUT2D eigenvalue weighted by atomic mass is 32.2. The van der Waals surface area contributed by atoms with Crippen LogP contribution in [0.3, 0.4) is 0 Å². The third-order valence-corrected chi connectivity index (χ3v) is 6.74. The summed E-state index contributed by atoms with van der Waals surface area (Å²) in [7, 11) is 0. The van der Waals surface area contributed by atoms with Crippen molar-refractivity contribution in [2.24, 2.45) is 5.92 Å². The van der Waals surface area contributed by atoms with Crippen LogP contribution in [0.4, 0.5) is 0 Å². The highest BCUT2D eigenvalue weighted by Crippen LogP contribution is 2.32. The van der Waals surface area contributed by atoms with Crippen molar-refractivity contribution in [1.82, 2.24) is 14.5 Å². The van der Waals surface area contributed by atoms with Gasteiger partial charge in [-0.1, -0.05) is 43.7 Å². The summed E-state index contributed by atoms with van der Waals surface area (Å²) in [6.45, 7) is 3.90. The van der Waals surface area contributed by atoms with Crippen molar-refractivity contribution in [3.05, 3.63) is 34.6 Å². The van der Waals surface area contributed by atoms with E-state index in [4.69, 9.17) is 4.98 Å². The van der Waals surface area contributed by atoms with Gasteiger partial charge in [-0.05, 0) is 43.7 Å². The number of likely N-dealkylation sites (tertiary alicyclic amines) is 1. The average molecular weight is 386 g/mol. The van der Waals surface area contributed by atoms with Crippen molar-refractivity contribution < 1.29 is 4.79 Å². The number of benzene rings is 1. The minimum Gasteiger partial charge on any atom is -0.342 e. The van der Waals surface area contributed by atoms with Crippen LogP contribution in [0.15, 0.2) is 34.2 Å². The van der Waals surface area contributed by atoms with Crippen LogP contribution < -0.4 is 5.56 Å². The number of thioether (sulfide) groups is 1. The normalized spacial score (nSPS) is 21.1. The number of hydrogen-bond donors (Lipinski definition) is 0. The SMILES string of the molecule is C[C@H]1CCCN(C(=O)CSc2nc3ccccc3c(=O)n2C2CCCC2)C1. The lowest BCUT2D eigenvalue weighted by Crippen LogP contribution is -2.40. The van der Waals surface area contributed by atoms with Crippen molar-refractivity contribution in [2.75, 3.05) is 18.8 Å². The van der Waals surface area contributed by atoms with E-state index in [2.05, 4.69) is 6.92 Å². The quantitative estimate of drug-likeness (QED) is 0.592. The Balaban J connectivity index is 1.61. The predicted octanol–water partition coefficient (Wildman–Crippen LogP) is 3.86. The molecule has 144 valence electrons. The number of aromatic nitrogens is 2. The molecule has 2 heterocycles. The van der Waals surface area contributed by atoms with Gasteiger partial charge >= 0.3 is 0 Å². The fraction of sp³-hybridized carbons (Fsp3) is 0.571. The molecule has 1 aromatic heterocycles. The summed E-state index contributed by atoms with van der Waals surface area (Å²) in [5, 5.41) is 1.37. The van der Waals surface area contributed by atoms with Gasteiger partial charge in [0.25, 0.3) is 5.56 Å². The largest absolute Gasteiger partial charge is 0.342 e. The van der Waals surface area contributed by atoms with Gasteiger partial charge in [-0.15, -0.1) is 0 Å². The third kappa shape index (κ3) is 3.91. The second kappa shape index (κ2) is 8.05. The van der Waals surface area contributed by atoms with Crippen molar-refractivity contribution in [3.63, 3.8) is 0 Å². The van der Waals surface area contributed by atoms with Crippen molar-refractivity contribution in [1.29, 1.82) is 0 Å². The van der Waals surface area contributed by atoms with Crippen molar-refractivity contribution in [3.8, 4) is 0 Å². The fourth-order valence-electron chi connectivity index (χ4n) is 4.35. The molecule has 6 heteroatoms. The van der Waals surface area contributed by atoms with Crippen LogP contribution >= 0.6 is 11.8 Å². The van der Waals surface area contributed by atoms with E-state index in [-0.39, 0.29) is 17.5 Å². The summed E-state index contributed by atoms with van der Waals surface area (Å²) in [5.74, 6) is 1.08. The van der Waals surface area contributed by atoms with Gasteiger partial charge in [-0.2, -0.15) is 0 Å². The molecule has 2 aliphatic rings. The van der Waals surface area contributed by atoms with E-state index in [0.29, 0.717) is 22.2 Å². The molecule has 2 aromatic rings. The summed E-state index contributed by atoms with van der Waals surface area (Å²) in [5.41, 5.74) is 0.757. The number of carbonyl (C=O) groups is 1. The predicted molar refractivity (Wildman–Crippen MR) is 109 cm³/mol. The average Bonchev–Trinajstić information content (AvgIpc) is 3.20. The van der Waals surface area contributed by atoms with Gasteiger partial charge in [0.1, 0.15) is 0 Å². The van der Waals surface area contributed by atoms with Gasteiger partial charge < -0.3 is 4.90 Å². The van der Waals surface area contributed by atoms with Gasteiger partial charge in [0, 0.05) is 19.1 Å². The summed E-state index contributed by atoms with van der Waals surface area (Å²) in [4.78, 5) is 32.6. The van der Waals surface area contributed by atoms with E-state index in [9.17, 15) is 9.59 Å². The van der Waals surface area contributed by atoms with Crippen molar-refractivity contribution >= 4 is 28.6 Å². The first kappa shape index (κ1) is 18.5. The van der Waals surface area contributed by atoms with E-state index in [0.717, 1.165) is 50.7 Å². The summed E-state index contributed by atoms with van der Waals surface area (Å²) >= 11 is 1.43. The molecule has 27 heavy (non-hydrogen) atoms. The molecule has 4 rings (SSSR count). The van der Waals surface area contributed by atoms with Crippen LogP contribution in [0.25, 0.3) is 10.9 Å². The molecule has 5 nitrogen and oxygen atoms in total. The Labute approximate surface area is 164 Å². The highest BCUT2D eigenvalue weighted by molar-refractivity contribution is 7.99. The molecule has 0 N–H and O–H groups in total. The highest BCUT2D eigenvalue weighted by Gasteiger charge is 2.25. The fourth-order valence-corrected chi connectivity index (χ4v) is 5.31. The van der Waals surface area contributed by atoms with E-state index < -0.39 is 0 Å². The molecule has 1 atom stereocenters. The number of piperidine rings is 1. The summed E-state index contributed by atoms with van der Waals surface area (Å²) < 4.78 is 1.87. The Morgan fingerprint density at radius 2 is 1.96 bits per heavy atom. The second-order valence-electron chi connectivity index (χ2n) is 7.90. The molecular weight excluding hydrogens is 358 g/mol. The number of fused-ring (bicyclic) bond motifs is 1. The maximum atomic E-state index is 13.1. The molecule has 1 saturated heterocycles. The Hall–Kier alpha value is -1.82. The summed E-state index contributed by atoms with van der Waals surface area (Å²) in [6, 6.07) is 7.74. The minimum absolute atomic E-state index is 0.0362. The Bertz CT molecular complexity index is 889. The number of nitrogens with zero attached hydrogens (tertiary/aromatic N) is 3. The van der Waals surface area contributed by atoms with E-state index in [1.807, 2.05) is 33.7 Å². The van der Waals surface area contributed by atoms with Crippen LogP contribution in [0.1, 0.15) is 51.5 Å². The molecule has 1 saturated carbocycles. The number of carbonyl (C=O) groups excluding carboxylic acids is 1. The van der Waals surface area contributed by atoms with E-state index in [1.54, 1.807) is 0 Å². The first-order valence-corrected chi connectivity index (χ1v) is 11.0. The number of rotatable bonds is 4. The maximum absolute atomic E-state index is 13.1. The van der Waals surface area contributed by atoms with E-state index >= 15 is 0 Å². The van der Waals surface area contributed by atoms with Gasteiger partial charge in [0.15, 0.2) is 5.16 Å². The molecule has 1 amide bonds. The standard InChI is InChI=1S/C21H27N3O2S/c1-15-7-6-12-23(13-15)19(25)14-27-21-22-18-11-5-4-10-17(18)20(26)24(21)16-8-2-3-9-16/h4-5,10-11,15-16H,2-3,6-9,12-14H2,1H3/t15-/m0/s1. The van der Waals surface area contributed by atoms with Gasteiger partial charge in [0.05, 0.1) is 16.7 Å². The molecule has 0 spiro atoms. The van der Waals surface area contributed by atoms with Crippen LogP contribution in [0.2, 0.25) is 0 Å². The molecule has 1 aliphatic carbocycles. The van der Waals surface area contributed by atoms with Crippen LogP contribution in [0.5, 0.6) is 0 Å². The third-order valence-electron chi connectivity index (χ3n) is 5.80. The first-order valence-electron chi connectivity index (χ1n) is 10.1. The number of amides is 1. The molecule has 1 aromatic carbocycles. The van der Waals surface area contributed by atoms with Crippen molar-refractivity contribution in [2.45, 2.75) is 56.6 Å².